The van der Waals surface area contributed by atoms with E-state index in [2.05, 4.69) is 80.1 Å². The first-order chi connectivity index (χ1) is 14.3. The number of rotatable bonds is 9. The zero-order valence-corrected chi connectivity index (χ0v) is 19.1. The first kappa shape index (κ1) is 22.6. The number of aliphatic hydroxyl groups is 1. The van der Waals surface area contributed by atoms with Crippen molar-refractivity contribution in [1.29, 1.82) is 0 Å². The van der Waals surface area contributed by atoms with E-state index >= 15 is 0 Å². The molecule has 0 aromatic heterocycles. The number of nitrogens with zero attached hydrogens (tertiary/aromatic N) is 2. The SMILES string of the molecule is CCC(C)(C)Oc1ccc(N(C)CCC2(O)CCN(Cc3ccccc3)CC2)cc1. The highest BCUT2D eigenvalue weighted by molar-refractivity contribution is 5.48. The predicted octanol–water partition coefficient (Wildman–Crippen LogP) is 5.11. The molecule has 2 aromatic rings. The minimum Gasteiger partial charge on any atom is -0.488 e. The van der Waals surface area contributed by atoms with Crippen LogP contribution >= 0.6 is 0 Å². The Morgan fingerprint density at radius 2 is 1.67 bits per heavy atom. The Labute approximate surface area is 182 Å². The van der Waals surface area contributed by atoms with Crippen LogP contribution in [-0.4, -0.2) is 47.9 Å². The number of hydrogen-bond donors (Lipinski definition) is 1. The molecule has 164 valence electrons. The lowest BCUT2D eigenvalue weighted by Crippen LogP contribution is -2.45. The standard InChI is InChI=1S/C26H38N2O2/c1-5-25(2,3)30-24-13-11-23(12-14-24)27(4)18-15-26(29)16-19-28(20-17-26)21-22-9-7-6-8-10-22/h6-14,29H,5,15-21H2,1-4H3. The molecule has 3 rings (SSSR count). The van der Waals surface area contributed by atoms with Gasteiger partial charge in [0.15, 0.2) is 0 Å². The Bertz CT molecular complexity index is 765. The van der Waals surface area contributed by atoms with E-state index < -0.39 is 5.60 Å². The van der Waals surface area contributed by atoms with E-state index in [1.165, 1.54) is 5.56 Å². The van der Waals surface area contributed by atoms with Gasteiger partial charge in [-0.2, -0.15) is 0 Å². The molecule has 4 heteroatoms. The van der Waals surface area contributed by atoms with E-state index in [0.717, 1.165) is 63.3 Å². The number of piperidine rings is 1. The topological polar surface area (TPSA) is 35.9 Å². The van der Waals surface area contributed by atoms with Gasteiger partial charge in [-0.3, -0.25) is 4.90 Å². The van der Waals surface area contributed by atoms with Crippen LogP contribution in [0.15, 0.2) is 54.6 Å². The fourth-order valence-corrected chi connectivity index (χ4v) is 3.88. The molecule has 1 saturated heterocycles. The fourth-order valence-electron chi connectivity index (χ4n) is 3.88. The molecule has 1 heterocycles. The van der Waals surface area contributed by atoms with Crippen molar-refractivity contribution in [2.75, 3.05) is 31.6 Å². The second-order valence-corrected chi connectivity index (χ2v) is 9.37. The van der Waals surface area contributed by atoms with Crippen LogP contribution in [0, 0.1) is 0 Å². The highest BCUT2D eigenvalue weighted by Crippen LogP contribution is 2.28. The second kappa shape index (κ2) is 9.84. The van der Waals surface area contributed by atoms with Crippen molar-refractivity contribution in [3.05, 3.63) is 60.2 Å². The van der Waals surface area contributed by atoms with Gasteiger partial charge in [0, 0.05) is 38.9 Å². The lowest BCUT2D eigenvalue weighted by Gasteiger charge is -2.39. The van der Waals surface area contributed by atoms with Gasteiger partial charge in [-0.1, -0.05) is 37.3 Å². The van der Waals surface area contributed by atoms with Crippen molar-refractivity contribution in [3.8, 4) is 5.75 Å². The van der Waals surface area contributed by atoms with Gasteiger partial charge in [0.2, 0.25) is 0 Å². The highest BCUT2D eigenvalue weighted by atomic mass is 16.5. The quantitative estimate of drug-likeness (QED) is 0.623. The molecule has 30 heavy (non-hydrogen) atoms. The molecule has 0 spiro atoms. The van der Waals surface area contributed by atoms with Gasteiger partial charge in [-0.25, -0.2) is 0 Å². The fraction of sp³-hybridized carbons (Fsp3) is 0.538. The molecule has 0 atom stereocenters. The van der Waals surface area contributed by atoms with Crippen LogP contribution in [0.5, 0.6) is 5.75 Å². The summed E-state index contributed by atoms with van der Waals surface area (Å²) in [4.78, 5) is 4.67. The van der Waals surface area contributed by atoms with Crippen LogP contribution < -0.4 is 9.64 Å². The van der Waals surface area contributed by atoms with Crippen LogP contribution in [0.4, 0.5) is 5.69 Å². The summed E-state index contributed by atoms with van der Waals surface area (Å²) >= 11 is 0. The third-order valence-corrected chi connectivity index (χ3v) is 6.47. The Morgan fingerprint density at radius 3 is 2.27 bits per heavy atom. The first-order valence-corrected chi connectivity index (χ1v) is 11.3. The molecule has 0 bridgehead atoms. The number of likely N-dealkylation sites (tertiary alicyclic amines) is 1. The third kappa shape index (κ3) is 6.48. The lowest BCUT2D eigenvalue weighted by molar-refractivity contribution is -0.0275. The summed E-state index contributed by atoms with van der Waals surface area (Å²) in [5, 5.41) is 11.1. The number of ether oxygens (including phenoxy) is 1. The predicted molar refractivity (Wildman–Crippen MR) is 125 cm³/mol. The molecule has 1 aliphatic heterocycles. The van der Waals surface area contributed by atoms with Crippen molar-refractivity contribution >= 4 is 5.69 Å². The van der Waals surface area contributed by atoms with E-state index in [-0.39, 0.29) is 5.60 Å². The zero-order chi connectivity index (χ0) is 21.6. The largest absolute Gasteiger partial charge is 0.488 e. The molecule has 2 aromatic carbocycles. The van der Waals surface area contributed by atoms with E-state index in [4.69, 9.17) is 4.74 Å². The lowest BCUT2D eigenvalue weighted by atomic mass is 9.88. The first-order valence-electron chi connectivity index (χ1n) is 11.3. The zero-order valence-electron chi connectivity index (χ0n) is 19.1. The monoisotopic (exact) mass is 410 g/mol. The van der Waals surface area contributed by atoms with E-state index in [1.54, 1.807) is 0 Å². The summed E-state index contributed by atoms with van der Waals surface area (Å²) in [5.41, 5.74) is 1.79. The smallest absolute Gasteiger partial charge is 0.120 e. The van der Waals surface area contributed by atoms with Crippen molar-refractivity contribution in [2.45, 2.75) is 64.2 Å². The van der Waals surface area contributed by atoms with Crippen LogP contribution in [0.1, 0.15) is 52.0 Å². The van der Waals surface area contributed by atoms with Gasteiger partial charge in [0.1, 0.15) is 11.4 Å². The molecule has 0 radical (unpaired) electrons. The van der Waals surface area contributed by atoms with Gasteiger partial charge in [0.25, 0.3) is 0 Å². The normalized spacial score (nSPS) is 17.0. The summed E-state index contributed by atoms with van der Waals surface area (Å²) in [6.45, 7) is 10.1. The molecular weight excluding hydrogens is 372 g/mol. The summed E-state index contributed by atoms with van der Waals surface area (Å²) in [5.74, 6) is 0.906. The minimum atomic E-state index is -0.560. The van der Waals surface area contributed by atoms with E-state index in [0.29, 0.717) is 0 Å². The van der Waals surface area contributed by atoms with Crippen LogP contribution in [0.25, 0.3) is 0 Å². The molecule has 1 aliphatic rings. The van der Waals surface area contributed by atoms with Crippen molar-refractivity contribution in [3.63, 3.8) is 0 Å². The van der Waals surface area contributed by atoms with Crippen molar-refractivity contribution in [2.24, 2.45) is 0 Å². The summed E-state index contributed by atoms with van der Waals surface area (Å²) < 4.78 is 6.05. The molecule has 0 aliphatic carbocycles. The van der Waals surface area contributed by atoms with Crippen LogP contribution in [-0.2, 0) is 6.54 Å². The molecule has 1 fully saturated rings. The molecule has 4 nitrogen and oxygen atoms in total. The van der Waals surface area contributed by atoms with Gasteiger partial charge in [0.05, 0.1) is 5.60 Å². The molecule has 1 N–H and O–H groups in total. The van der Waals surface area contributed by atoms with E-state index in [9.17, 15) is 5.11 Å². The maximum absolute atomic E-state index is 11.1. The van der Waals surface area contributed by atoms with Gasteiger partial charge < -0.3 is 14.7 Å². The summed E-state index contributed by atoms with van der Waals surface area (Å²) in [7, 11) is 2.10. The van der Waals surface area contributed by atoms with Gasteiger partial charge in [-0.05, 0) is 69.4 Å². The van der Waals surface area contributed by atoms with Crippen molar-refractivity contribution in [1.82, 2.24) is 4.90 Å². The summed E-state index contributed by atoms with van der Waals surface area (Å²) in [6.07, 6.45) is 3.44. The Balaban J connectivity index is 1.45. The number of hydrogen-bond acceptors (Lipinski definition) is 4. The maximum atomic E-state index is 11.1. The number of benzene rings is 2. The minimum absolute atomic E-state index is 0.147. The average molecular weight is 411 g/mol. The van der Waals surface area contributed by atoms with E-state index in [1.807, 2.05) is 12.1 Å². The molecule has 0 amide bonds. The average Bonchev–Trinajstić information content (AvgIpc) is 2.75. The van der Waals surface area contributed by atoms with Gasteiger partial charge in [-0.15, -0.1) is 0 Å². The highest BCUT2D eigenvalue weighted by Gasteiger charge is 2.32. The Morgan fingerprint density at radius 1 is 1.03 bits per heavy atom. The molecule has 0 unspecified atom stereocenters. The Hall–Kier alpha value is -2.04. The Kier molecular flexibility index (Phi) is 7.43. The third-order valence-electron chi connectivity index (χ3n) is 6.47. The molecule has 0 saturated carbocycles. The maximum Gasteiger partial charge on any atom is 0.120 e. The second-order valence-electron chi connectivity index (χ2n) is 9.37. The number of anilines is 1. The van der Waals surface area contributed by atoms with Crippen LogP contribution in [0.3, 0.4) is 0 Å². The van der Waals surface area contributed by atoms with Crippen LogP contribution in [0.2, 0.25) is 0 Å². The van der Waals surface area contributed by atoms with Gasteiger partial charge >= 0.3 is 0 Å². The summed E-state index contributed by atoms with van der Waals surface area (Å²) in [6, 6.07) is 18.9. The molecular formula is C26H38N2O2. The van der Waals surface area contributed by atoms with Crippen molar-refractivity contribution < 1.29 is 9.84 Å².